The fourth-order valence-corrected chi connectivity index (χ4v) is 4.52. The maximum absolute atomic E-state index is 13.5. The molecular formula is C25H22FN. The van der Waals surface area contributed by atoms with Crippen molar-refractivity contribution in [3.05, 3.63) is 108 Å². The molecule has 3 aliphatic rings. The molecule has 0 saturated carbocycles. The largest absolute Gasteiger partial charge is 0.333 e. The first-order chi connectivity index (χ1) is 13.2. The zero-order valence-corrected chi connectivity index (χ0v) is 15.3. The van der Waals surface area contributed by atoms with Gasteiger partial charge in [0, 0.05) is 23.2 Å². The van der Waals surface area contributed by atoms with Gasteiger partial charge in [-0.25, -0.2) is 4.39 Å². The lowest BCUT2D eigenvalue weighted by molar-refractivity contribution is 0.627. The van der Waals surface area contributed by atoms with Crippen LogP contribution >= 0.6 is 0 Å². The first-order valence-corrected chi connectivity index (χ1v) is 9.59. The molecule has 2 heteroatoms. The van der Waals surface area contributed by atoms with Gasteiger partial charge in [-0.15, -0.1) is 0 Å². The van der Waals surface area contributed by atoms with Crippen LogP contribution in [0.4, 0.5) is 15.8 Å². The average molecular weight is 355 g/mol. The molecular weight excluding hydrogens is 333 g/mol. The summed E-state index contributed by atoms with van der Waals surface area (Å²) in [6.07, 6.45) is 16.9. The standard InChI is InChI=1S/C25H22FN/c1-17-7-13-24-22(15-17)23-16-19(18-5-3-2-4-6-18)8-14-25(23)27(24)21-11-9-20(26)10-12-21/h2-5,7-16,18,23,25H,6H2,1H3. The lowest BCUT2D eigenvalue weighted by Gasteiger charge is -2.30. The van der Waals surface area contributed by atoms with Gasteiger partial charge in [-0.1, -0.05) is 60.2 Å². The van der Waals surface area contributed by atoms with E-state index in [4.69, 9.17) is 0 Å². The molecule has 0 fully saturated rings. The van der Waals surface area contributed by atoms with Crippen molar-refractivity contribution >= 4 is 11.4 Å². The molecule has 1 nitrogen and oxygen atoms in total. The molecule has 3 atom stereocenters. The first-order valence-electron chi connectivity index (χ1n) is 9.59. The summed E-state index contributed by atoms with van der Waals surface area (Å²) in [5.41, 5.74) is 6.30. The second kappa shape index (κ2) is 6.38. The number of hydrogen-bond acceptors (Lipinski definition) is 1. The molecule has 3 unspecified atom stereocenters. The molecule has 0 N–H and O–H groups in total. The molecule has 0 spiro atoms. The van der Waals surface area contributed by atoms with Gasteiger partial charge in [0.15, 0.2) is 0 Å². The minimum atomic E-state index is -0.197. The summed E-state index contributed by atoms with van der Waals surface area (Å²) in [4.78, 5) is 2.35. The van der Waals surface area contributed by atoms with Gasteiger partial charge in [0.2, 0.25) is 0 Å². The van der Waals surface area contributed by atoms with Crippen LogP contribution in [0.15, 0.2) is 90.6 Å². The lowest BCUT2D eigenvalue weighted by Crippen LogP contribution is -2.29. The highest BCUT2D eigenvalue weighted by atomic mass is 19.1. The van der Waals surface area contributed by atoms with Crippen molar-refractivity contribution in [1.29, 1.82) is 0 Å². The van der Waals surface area contributed by atoms with Crippen molar-refractivity contribution < 1.29 is 4.39 Å². The Bertz CT molecular complexity index is 993. The molecule has 5 rings (SSSR count). The Kier molecular flexibility index (Phi) is 3.86. The fraction of sp³-hybridized carbons (Fsp3) is 0.200. The molecule has 2 aromatic rings. The molecule has 0 amide bonds. The van der Waals surface area contributed by atoms with Crippen molar-refractivity contribution in [2.75, 3.05) is 4.90 Å². The maximum Gasteiger partial charge on any atom is 0.123 e. The number of allylic oxidation sites excluding steroid dienone is 6. The van der Waals surface area contributed by atoms with Crippen molar-refractivity contribution in [2.24, 2.45) is 5.92 Å². The van der Waals surface area contributed by atoms with E-state index in [0.717, 1.165) is 12.1 Å². The Hall–Kier alpha value is -2.87. The molecule has 0 bridgehead atoms. The number of halogens is 1. The first kappa shape index (κ1) is 16.3. The molecule has 0 aromatic heterocycles. The summed E-state index contributed by atoms with van der Waals surface area (Å²) >= 11 is 0. The van der Waals surface area contributed by atoms with Gasteiger partial charge in [0.1, 0.15) is 5.82 Å². The number of hydrogen-bond donors (Lipinski definition) is 0. The number of aryl methyl sites for hydroxylation is 1. The van der Waals surface area contributed by atoms with Gasteiger partial charge in [0.05, 0.1) is 6.04 Å². The normalized spacial score (nSPS) is 25.3. The molecule has 1 aliphatic heterocycles. The number of benzene rings is 2. The van der Waals surface area contributed by atoms with Crippen LogP contribution in [-0.4, -0.2) is 6.04 Å². The zero-order chi connectivity index (χ0) is 18.4. The van der Waals surface area contributed by atoms with E-state index >= 15 is 0 Å². The molecule has 2 aliphatic carbocycles. The third-order valence-electron chi connectivity index (χ3n) is 5.84. The maximum atomic E-state index is 13.5. The third kappa shape index (κ3) is 2.76. The van der Waals surface area contributed by atoms with Crippen LogP contribution < -0.4 is 4.90 Å². The summed E-state index contributed by atoms with van der Waals surface area (Å²) < 4.78 is 13.5. The van der Waals surface area contributed by atoms with Crippen molar-refractivity contribution in [3.63, 3.8) is 0 Å². The van der Waals surface area contributed by atoms with Gasteiger partial charge < -0.3 is 4.90 Å². The molecule has 0 radical (unpaired) electrons. The lowest BCUT2D eigenvalue weighted by atomic mass is 9.82. The van der Waals surface area contributed by atoms with Crippen LogP contribution in [0.25, 0.3) is 0 Å². The second-order valence-corrected chi connectivity index (χ2v) is 7.61. The molecule has 2 aromatic carbocycles. The van der Waals surface area contributed by atoms with Gasteiger partial charge in [-0.05, 0) is 54.8 Å². The summed E-state index contributed by atoms with van der Waals surface area (Å²) in [6.45, 7) is 2.15. The van der Waals surface area contributed by atoms with Gasteiger partial charge in [-0.3, -0.25) is 0 Å². The fourth-order valence-electron chi connectivity index (χ4n) is 4.52. The number of fused-ring (bicyclic) bond motifs is 3. The Balaban J connectivity index is 1.59. The van der Waals surface area contributed by atoms with Gasteiger partial charge >= 0.3 is 0 Å². The number of rotatable bonds is 2. The summed E-state index contributed by atoms with van der Waals surface area (Å²) in [5.74, 6) is 0.585. The summed E-state index contributed by atoms with van der Waals surface area (Å²) in [6, 6.07) is 13.8. The smallest absolute Gasteiger partial charge is 0.123 e. The quantitative estimate of drug-likeness (QED) is 0.605. The van der Waals surface area contributed by atoms with Crippen LogP contribution in [0.2, 0.25) is 0 Å². The van der Waals surface area contributed by atoms with Crippen molar-refractivity contribution in [1.82, 2.24) is 0 Å². The Labute approximate surface area is 159 Å². The average Bonchev–Trinajstić information content (AvgIpc) is 3.02. The Morgan fingerprint density at radius 3 is 2.63 bits per heavy atom. The van der Waals surface area contributed by atoms with Crippen LogP contribution in [0, 0.1) is 18.7 Å². The molecule has 1 heterocycles. The molecule has 0 saturated heterocycles. The Morgan fingerprint density at radius 2 is 1.85 bits per heavy atom. The van der Waals surface area contributed by atoms with E-state index in [1.54, 1.807) is 12.1 Å². The summed E-state index contributed by atoms with van der Waals surface area (Å²) in [5, 5.41) is 0. The van der Waals surface area contributed by atoms with E-state index in [0.29, 0.717) is 11.8 Å². The minimum Gasteiger partial charge on any atom is -0.333 e. The number of nitrogens with zero attached hydrogens (tertiary/aromatic N) is 1. The minimum absolute atomic E-state index is 0.197. The van der Waals surface area contributed by atoms with Crippen LogP contribution in [0.3, 0.4) is 0 Å². The van der Waals surface area contributed by atoms with E-state index < -0.39 is 0 Å². The van der Waals surface area contributed by atoms with Crippen LogP contribution in [0.1, 0.15) is 23.5 Å². The van der Waals surface area contributed by atoms with E-state index in [9.17, 15) is 4.39 Å². The highest BCUT2D eigenvalue weighted by Gasteiger charge is 2.38. The highest BCUT2D eigenvalue weighted by Crippen LogP contribution is 2.49. The molecule has 134 valence electrons. The monoisotopic (exact) mass is 355 g/mol. The summed E-state index contributed by atoms with van der Waals surface area (Å²) in [7, 11) is 0. The van der Waals surface area contributed by atoms with Gasteiger partial charge in [-0.2, -0.15) is 0 Å². The topological polar surface area (TPSA) is 3.24 Å². The third-order valence-corrected chi connectivity index (χ3v) is 5.84. The van der Waals surface area contributed by atoms with E-state index in [-0.39, 0.29) is 11.9 Å². The van der Waals surface area contributed by atoms with E-state index in [1.165, 1.54) is 22.4 Å². The zero-order valence-electron chi connectivity index (χ0n) is 15.3. The van der Waals surface area contributed by atoms with Gasteiger partial charge in [0.25, 0.3) is 0 Å². The molecule has 27 heavy (non-hydrogen) atoms. The van der Waals surface area contributed by atoms with E-state index in [2.05, 4.69) is 72.6 Å². The predicted octanol–water partition coefficient (Wildman–Crippen LogP) is 6.37. The predicted molar refractivity (Wildman–Crippen MR) is 110 cm³/mol. The van der Waals surface area contributed by atoms with Crippen LogP contribution in [0.5, 0.6) is 0 Å². The van der Waals surface area contributed by atoms with Crippen molar-refractivity contribution in [2.45, 2.75) is 25.3 Å². The second-order valence-electron chi connectivity index (χ2n) is 7.61. The SMILES string of the molecule is Cc1ccc2c(c1)C1C=C(C3C=CC=CC3)C=CC1N2c1ccc(F)cc1. The van der Waals surface area contributed by atoms with Crippen molar-refractivity contribution in [3.8, 4) is 0 Å². The number of anilines is 2. The highest BCUT2D eigenvalue weighted by molar-refractivity contribution is 5.75. The Morgan fingerprint density at radius 1 is 1.00 bits per heavy atom. The van der Waals surface area contributed by atoms with Crippen LogP contribution in [-0.2, 0) is 0 Å². The van der Waals surface area contributed by atoms with E-state index in [1.807, 2.05) is 12.1 Å².